The van der Waals surface area contributed by atoms with E-state index in [1.165, 1.54) is 43.7 Å². The Balaban J connectivity index is 1.06. The van der Waals surface area contributed by atoms with Gasteiger partial charge in [0.05, 0.1) is 22.4 Å². The monoisotopic (exact) mass is 676 g/mol. The molecule has 11 rings (SSSR count). The molecule has 53 heavy (non-hydrogen) atoms. The molecule has 248 valence electrons. The van der Waals surface area contributed by atoms with Crippen LogP contribution in [-0.2, 0) is 0 Å². The zero-order valence-electron chi connectivity index (χ0n) is 28.8. The molecular weight excluding hydrogens is 645 g/mol. The lowest BCUT2D eigenvalue weighted by Crippen LogP contribution is -2.16. The van der Waals surface area contributed by atoms with Gasteiger partial charge in [-0.05, 0) is 99.1 Å². The van der Waals surface area contributed by atoms with Crippen molar-refractivity contribution in [3.63, 3.8) is 0 Å². The van der Waals surface area contributed by atoms with Crippen LogP contribution >= 0.6 is 0 Å². The van der Waals surface area contributed by atoms with E-state index in [0.29, 0.717) is 0 Å². The first-order valence-electron chi connectivity index (χ1n) is 18.1. The van der Waals surface area contributed by atoms with Gasteiger partial charge in [-0.2, -0.15) is 0 Å². The molecule has 3 nitrogen and oxygen atoms in total. The predicted octanol–water partition coefficient (Wildman–Crippen LogP) is 14.0. The summed E-state index contributed by atoms with van der Waals surface area (Å²) in [6.45, 7) is 0. The van der Waals surface area contributed by atoms with Gasteiger partial charge in [-0.15, -0.1) is 0 Å². The van der Waals surface area contributed by atoms with E-state index in [9.17, 15) is 0 Å². The van der Waals surface area contributed by atoms with Gasteiger partial charge < -0.3 is 14.2 Å². The van der Waals surface area contributed by atoms with Gasteiger partial charge in [-0.3, -0.25) is 0 Å². The Morgan fingerprint density at radius 1 is 0.340 bits per heavy atom. The van der Waals surface area contributed by atoms with Crippen molar-refractivity contribution in [3.05, 3.63) is 194 Å². The maximum Gasteiger partial charge on any atom is 0.159 e. The quantitative estimate of drug-likeness (QED) is 0.185. The van der Waals surface area contributed by atoms with Gasteiger partial charge in [0, 0.05) is 27.5 Å². The second-order valence-electron chi connectivity index (χ2n) is 13.8. The van der Waals surface area contributed by atoms with Crippen molar-refractivity contribution in [1.29, 1.82) is 0 Å². The Bertz CT molecular complexity index is 3030. The summed E-state index contributed by atoms with van der Waals surface area (Å²) in [5.41, 5.74) is 11.3. The van der Waals surface area contributed by atoms with E-state index in [0.717, 1.165) is 56.1 Å². The molecule has 1 aromatic heterocycles. The van der Waals surface area contributed by atoms with Crippen LogP contribution in [0.2, 0.25) is 0 Å². The zero-order chi connectivity index (χ0) is 34.9. The van der Waals surface area contributed by atoms with Gasteiger partial charge in [0.2, 0.25) is 0 Å². The normalized spacial score (nSPS) is 12.3. The summed E-state index contributed by atoms with van der Waals surface area (Å²) >= 11 is 0. The minimum Gasteiger partial charge on any atom is -0.452 e. The van der Waals surface area contributed by atoms with E-state index in [1.54, 1.807) is 0 Å². The largest absolute Gasteiger partial charge is 0.452 e. The molecular formula is C50H32N2O. The molecule has 10 aromatic rings. The average Bonchev–Trinajstić information content (AvgIpc) is 3.56. The molecule has 0 N–H and O–H groups in total. The Kier molecular flexibility index (Phi) is 6.55. The number of hydrogen-bond acceptors (Lipinski definition) is 2. The lowest BCUT2D eigenvalue weighted by molar-refractivity contribution is 0.482. The summed E-state index contributed by atoms with van der Waals surface area (Å²) in [4.78, 5) is 2.35. The van der Waals surface area contributed by atoms with Crippen molar-refractivity contribution in [1.82, 2.24) is 4.57 Å². The first kappa shape index (κ1) is 29.6. The second-order valence-corrected chi connectivity index (χ2v) is 13.8. The Morgan fingerprint density at radius 2 is 0.962 bits per heavy atom. The molecule has 0 saturated carbocycles. The number of ether oxygens (including phenoxy) is 1. The third-order valence-electron chi connectivity index (χ3n) is 10.7. The molecule has 0 spiro atoms. The molecule has 0 aliphatic carbocycles. The van der Waals surface area contributed by atoms with Crippen LogP contribution in [0.4, 0.5) is 17.1 Å². The third-order valence-corrected chi connectivity index (χ3v) is 10.7. The number of rotatable bonds is 4. The molecule has 0 saturated heterocycles. The number of fused-ring (bicyclic) bond motifs is 8. The number of aromatic nitrogens is 1. The molecule has 9 aromatic carbocycles. The number of benzene rings is 9. The van der Waals surface area contributed by atoms with E-state index in [-0.39, 0.29) is 0 Å². The number of para-hydroxylation sites is 1. The van der Waals surface area contributed by atoms with E-state index in [1.807, 2.05) is 0 Å². The summed E-state index contributed by atoms with van der Waals surface area (Å²) < 4.78 is 9.18. The lowest BCUT2D eigenvalue weighted by atomic mass is 9.99. The fourth-order valence-corrected chi connectivity index (χ4v) is 8.17. The smallest absolute Gasteiger partial charge is 0.159 e. The van der Waals surface area contributed by atoms with Crippen molar-refractivity contribution in [3.8, 4) is 39.4 Å². The van der Waals surface area contributed by atoms with E-state index in [4.69, 9.17) is 4.74 Å². The highest BCUT2D eigenvalue weighted by Crippen LogP contribution is 2.54. The molecule has 1 aliphatic rings. The summed E-state index contributed by atoms with van der Waals surface area (Å²) in [7, 11) is 0. The van der Waals surface area contributed by atoms with Crippen LogP contribution in [0.1, 0.15) is 0 Å². The highest BCUT2D eigenvalue weighted by Gasteiger charge is 2.28. The molecule has 0 amide bonds. The van der Waals surface area contributed by atoms with Crippen LogP contribution in [0.15, 0.2) is 194 Å². The summed E-state index contributed by atoms with van der Waals surface area (Å²) in [6, 6.07) is 69.7. The van der Waals surface area contributed by atoms with Gasteiger partial charge in [-0.25, -0.2) is 0 Å². The van der Waals surface area contributed by atoms with Gasteiger partial charge >= 0.3 is 0 Å². The minimum absolute atomic E-state index is 0.832. The molecule has 0 unspecified atom stereocenters. The Labute approximate surface area is 307 Å². The number of anilines is 3. The van der Waals surface area contributed by atoms with E-state index in [2.05, 4.69) is 204 Å². The fraction of sp³-hybridized carbons (Fsp3) is 0. The molecule has 1 aliphatic heterocycles. The SMILES string of the molecule is c1ccc(-c2ccc(N3c4cc(-c5ccc6c(c5)c5ccccc5n6-c5ccc6ccccc6c5)ccc4Oc4c3ccc3ccccc43)cc2)cc1. The highest BCUT2D eigenvalue weighted by molar-refractivity contribution is 6.11. The molecule has 0 fully saturated rings. The average molecular weight is 677 g/mol. The Morgan fingerprint density at radius 3 is 1.83 bits per heavy atom. The molecule has 0 atom stereocenters. The molecule has 0 radical (unpaired) electrons. The topological polar surface area (TPSA) is 17.4 Å². The van der Waals surface area contributed by atoms with Crippen LogP contribution < -0.4 is 9.64 Å². The predicted molar refractivity (Wildman–Crippen MR) is 221 cm³/mol. The van der Waals surface area contributed by atoms with Crippen LogP contribution in [0.25, 0.3) is 71.3 Å². The standard InChI is InChI=1S/C50H32N2O/c1-2-10-33(11-3-1)35-18-24-40(25-19-35)51-47-28-21-36-13-6-7-15-42(36)50(47)53-49-29-23-39(32-48(49)51)38-22-27-46-44(31-38)43-16-8-9-17-45(43)52(46)41-26-20-34-12-4-5-14-37(34)30-41/h1-32H. The van der Waals surface area contributed by atoms with Crippen molar-refractivity contribution >= 4 is 60.4 Å². The van der Waals surface area contributed by atoms with Crippen molar-refractivity contribution in [2.75, 3.05) is 4.90 Å². The maximum atomic E-state index is 6.79. The van der Waals surface area contributed by atoms with E-state index < -0.39 is 0 Å². The zero-order valence-corrected chi connectivity index (χ0v) is 28.8. The van der Waals surface area contributed by atoms with E-state index >= 15 is 0 Å². The third kappa shape index (κ3) is 4.75. The van der Waals surface area contributed by atoms with Crippen LogP contribution in [-0.4, -0.2) is 4.57 Å². The first-order valence-corrected chi connectivity index (χ1v) is 18.1. The van der Waals surface area contributed by atoms with Crippen LogP contribution in [0, 0.1) is 0 Å². The van der Waals surface area contributed by atoms with Gasteiger partial charge in [0.1, 0.15) is 0 Å². The van der Waals surface area contributed by atoms with Crippen molar-refractivity contribution in [2.45, 2.75) is 0 Å². The van der Waals surface area contributed by atoms with Crippen LogP contribution in [0.3, 0.4) is 0 Å². The lowest BCUT2D eigenvalue weighted by Gasteiger charge is -2.34. The molecule has 3 heteroatoms. The Hall–Kier alpha value is -7.10. The van der Waals surface area contributed by atoms with Gasteiger partial charge in [-0.1, -0.05) is 133 Å². The van der Waals surface area contributed by atoms with Crippen molar-refractivity contribution in [2.24, 2.45) is 0 Å². The molecule has 2 heterocycles. The fourth-order valence-electron chi connectivity index (χ4n) is 8.17. The summed E-state index contributed by atoms with van der Waals surface area (Å²) in [6.07, 6.45) is 0. The highest BCUT2D eigenvalue weighted by atomic mass is 16.5. The van der Waals surface area contributed by atoms with Crippen LogP contribution in [0.5, 0.6) is 11.5 Å². The summed E-state index contributed by atoms with van der Waals surface area (Å²) in [5, 5.41) is 7.19. The number of hydrogen-bond donors (Lipinski definition) is 0. The second kappa shape index (κ2) is 11.7. The van der Waals surface area contributed by atoms with Crippen molar-refractivity contribution < 1.29 is 4.74 Å². The minimum atomic E-state index is 0.832. The number of nitrogens with zero attached hydrogens (tertiary/aromatic N) is 2. The first-order chi connectivity index (χ1) is 26.3. The van der Waals surface area contributed by atoms with Gasteiger partial charge in [0.25, 0.3) is 0 Å². The summed E-state index contributed by atoms with van der Waals surface area (Å²) in [5.74, 6) is 1.71. The molecule has 0 bridgehead atoms. The van der Waals surface area contributed by atoms with Gasteiger partial charge in [0.15, 0.2) is 11.5 Å². The maximum absolute atomic E-state index is 6.79.